The second-order valence-corrected chi connectivity index (χ2v) is 6.64. The number of benzene rings is 1. The maximum Gasteiger partial charge on any atom is 0.270 e. The molecule has 0 spiro atoms. The molecule has 1 atom stereocenters. The molecule has 3 heterocycles. The van der Waals surface area contributed by atoms with Crippen LogP contribution in [0.2, 0.25) is 0 Å². The Morgan fingerprint density at radius 3 is 2.96 bits per heavy atom. The van der Waals surface area contributed by atoms with Gasteiger partial charge in [0.15, 0.2) is 0 Å². The number of fused-ring (bicyclic) bond motifs is 1. The maximum absolute atomic E-state index is 12.9. The highest BCUT2D eigenvalue weighted by Crippen LogP contribution is 2.22. The van der Waals surface area contributed by atoms with Gasteiger partial charge >= 0.3 is 0 Å². The number of nitrogens with one attached hydrogen (secondary N) is 1. The molecule has 1 amide bonds. The number of hydrogen-bond donors (Lipinski definition) is 1. The SMILES string of the molecule is Cc1cnn([C@@H]2CCCN(C(=O)c3cc4ccccc4c(=O)[nH]3)C2)c1. The van der Waals surface area contributed by atoms with Crippen LogP contribution in [0.1, 0.15) is 34.9 Å². The Hall–Kier alpha value is -2.89. The minimum atomic E-state index is -0.224. The van der Waals surface area contributed by atoms with E-state index in [1.807, 2.05) is 47.1 Å². The number of pyridine rings is 1. The first-order chi connectivity index (χ1) is 12.1. The molecule has 1 saturated heterocycles. The minimum Gasteiger partial charge on any atom is -0.335 e. The van der Waals surface area contributed by atoms with Gasteiger partial charge in [0.2, 0.25) is 0 Å². The van der Waals surface area contributed by atoms with Crippen LogP contribution in [0.5, 0.6) is 0 Å². The quantitative estimate of drug-likeness (QED) is 0.782. The molecule has 1 N–H and O–H groups in total. The third kappa shape index (κ3) is 2.95. The molecule has 4 rings (SSSR count). The van der Waals surface area contributed by atoms with Crippen molar-refractivity contribution < 1.29 is 4.79 Å². The Kier molecular flexibility index (Phi) is 3.87. The first kappa shape index (κ1) is 15.6. The molecule has 0 unspecified atom stereocenters. The van der Waals surface area contributed by atoms with E-state index in [4.69, 9.17) is 0 Å². The van der Waals surface area contributed by atoms with Crippen molar-refractivity contribution in [1.82, 2.24) is 19.7 Å². The lowest BCUT2D eigenvalue weighted by Gasteiger charge is -2.32. The van der Waals surface area contributed by atoms with Crippen molar-refractivity contribution in [2.24, 2.45) is 0 Å². The highest BCUT2D eigenvalue weighted by molar-refractivity contribution is 5.96. The van der Waals surface area contributed by atoms with Crippen LogP contribution in [0.25, 0.3) is 10.8 Å². The first-order valence-electron chi connectivity index (χ1n) is 8.54. The fraction of sp³-hybridized carbons (Fsp3) is 0.316. The van der Waals surface area contributed by atoms with E-state index < -0.39 is 0 Å². The topological polar surface area (TPSA) is 71.0 Å². The third-order valence-electron chi connectivity index (χ3n) is 4.77. The van der Waals surface area contributed by atoms with E-state index in [1.54, 1.807) is 12.1 Å². The molecule has 0 saturated carbocycles. The Balaban J connectivity index is 1.61. The highest BCUT2D eigenvalue weighted by Gasteiger charge is 2.26. The van der Waals surface area contributed by atoms with Crippen molar-refractivity contribution in [2.45, 2.75) is 25.8 Å². The van der Waals surface area contributed by atoms with Gasteiger partial charge < -0.3 is 9.88 Å². The zero-order chi connectivity index (χ0) is 17.4. The average molecular weight is 336 g/mol. The number of hydrogen-bond acceptors (Lipinski definition) is 3. The number of aromatic nitrogens is 3. The molecule has 6 nitrogen and oxygen atoms in total. The van der Waals surface area contributed by atoms with Crippen molar-refractivity contribution in [3.05, 3.63) is 64.3 Å². The number of aryl methyl sites for hydroxylation is 1. The van der Waals surface area contributed by atoms with E-state index in [2.05, 4.69) is 10.1 Å². The summed E-state index contributed by atoms with van der Waals surface area (Å²) in [5.74, 6) is -0.128. The van der Waals surface area contributed by atoms with E-state index >= 15 is 0 Å². The van der Waals surface area contributed by atoms with Crippen LogP contribution in [0.3, 0.4) is 0 Å². The van der Waals surface area contributed by atoms with E-state index in [9.17, 15) is 9.59 Å². The van der Waals surface area contributed by atoms with E-state index in [0.29, 0.717) is 24.2 Å². The molecule has 0 radical (unpaired) electrons. The third-order valence-corrected chi connectivity index (χ3v) is 4.77. The van der Waals surface area contributed by atoms with Crippen LogP contribution < -0.4 is 5.56 Å². The molecular formula is C19H20N4O2. The van der Waals surface area contributed by atoms with Crippen LogP contribution in [0.15, 0.2) is 47.5 Å². The summed E-state index contributed by atoms with van der Waals surface area (Å²) in [5.41, 5.74) is 1.24. The zero-order valence-corrected chi connectivity index (χ0v) is 14.1. The predicted octanol–water partition coefficient (Wildman–Crippen LogP) is 2.51. The van der Waals surface area contributed by atoms with Gasteiger partial charge in [0.25, 0.3) is 11.5 Å². The lowest BCUT2D eigenvalue weighted by atomic mass is 10.0. The van der Waals surface area contributed by atoms with Gasteiger partial charge in [-0.1, -0.05) is 18.2 Å². The van der Waals surface area contributed by atoms with Crippen molar-refractivity contribution in [3.63, 3.8) is 0 Å². The van der Waals surface area contributed by atoms with Gasteiger partial charge in [0.05, 0.1) is 12.2 Å². The van der Waals surface area contributed by atoms with Crippen molar-refractivity contribution in [2.75, 3.05) is 13.1 Å². The lowest BCUT2D eigenvalue weighted by molar-refractivity contribution is 0.0667. The number of H-pyrrole nitrogens is 1. The molecule has 128 valence electrons. The fourth-order valence-electron chi connectivity index (χ4n) is 3.48. The van der Waals surface area contributed by atoms with Crippen LogP contribution in [-0.2, 0) is 0 Å². The van der Waals surface area contributed by atoms with Gasteiger partial charge in [-0.05, 0) is 42.8 Å². The zero-order valence-electron chi connectivity index (χ0n) is 14.1. The molecular weight excluding hydrogens is 316 g/mol. The number of rotatable bonds is 2. The number of likely N-dealkylation sites (tertiary alicyclic amines) is 1. The lowest BCUT2D eigenvalue weighted by Crippen LogP contribution is -2.41. The molecule has 1 aliphatic heterocycles. The van der Waals surface area contributed by atoms with Crippen molar-refractivity contribution in [3.8, 4) is 0 Å². The van der Waals surface area contributed by atoms with Crippen LogP contribution in [0.4, 0.5) is 0 Å². The summed E-state index contributed by atoms with van der Waals surface area (Å²) in [6, 6.07) is 9.25. The fourth-order valence-corrected chi connectivity index (χ4v) is 3.48. The van der Waals surface area contributed by atoms with E-state index in [0.717, 1.165) is 23.8 Å². The standard InChI is InChI=1S/C19H20N4O2/c1-13-10-20-23(11-13)15-6-4-8-22(12-15)19(25)17-9-14-5-2-3-7-16(14)18(24)21-17/h2-3,5,7,9-11,15H,4,6,8,12H2,1H3,(H,21,24)/t15-/m1/s1. The largest absolute Gasteiger partial charge is 0.335 e. The predicted molar refractivity (Wildman–Crippen MR) is 95.7 cm³/mol. The molecule has 0 aliphatic carbocycles. The normalized spacial score (nSPS) is 17.8. The molecule has 1 aromatic carbocycles. The number of carbonyl (C=O) groups excluding carboxylic acids is 1. The summed E-state index contributed by atoms with van der Waals surface area (Å²) in [6.07, 6.45) is 5.77. The summed E-state index contributed by atoms with van der Waals surface area (Å²) in [7, 11) is 0. The van der Waals surface area contributed by atoms with Crippen molar-refractivity contribution in [1.29, 1.82) is 0 Å². The second kappa shape index (κ2) is 6.20. The number of nitrogens with zero attached hydrogens (tertiary/aromatic N) is 3. The second-order valence-electron chi connectivity index (χ2n) is 6.64. The van der Waals surface area contributed by atoms with Gasteiger partial charge in [-0.3, -0.25) is 14.3 Å². The summed E-state index contributed by atoms with van der Waals surface area (Å²) in [6.45, 7) is 3.31. The Bertz CT molecular complexity index is 988. The summed E-state index contributed by atoms with van der Waals surface area (Å²) >= 11 is 0. The number of piperidine rings is 1. The highest BCUT2D eigenvalue weighted by atomic mass is 16.2. The van der Waals surface area contributed by atoms with E-state index in [-0.39, 0.29) is 17.5 Å². The number of carbonyl (C=O) groups is 1. The van der Waals surface area contributed by atoms with Gasteiger partial charge in [-0.25, -0.2) is 0 Å². The monoisotopic (exact) mass is 336 g/mol. The summed E-state index contributed by atoms with van der Waals surface area (Å²) < 4.78 is 1.94. The molecule has 1 fully saturated rings. The average Bonchev–Trinajstić information content (AvgIpc) is 3.08. The van der Waals surface area contributed by atoms with Crippen molar-refractivity contribution >= 4 is 16.7 Å². The molecule has 6 heteroatoms. The van der Waals surface area contributed by atoms with Gasteiger partial charge in [-0.15, -0.1) is 0 Å². The van der Waals surface area contributed by atoms with Gasteiger partial charge in [0.1, 0.15) is 5.69 Å². The molecule has 1 aliphatic rings. The Morgan fingerprint density at radius 1 is 1.32 bits per heavy atom. The van der Waals surface area contributed by atoms with Crippen LogP contribution >= 0.6 is 0 Å². The summed E-state index contributed by atoms with van der Waals surface area (Å²) in [5, 5.41) is 5.76. The minimum absolute atomic E-state index is 0.128. The smallest absolute Gasteiger partial charge is 0.270 e. The van der Waals surface area contributed by atoms with Crippen LogP contribution in [-0.4, -0.2) is 38.7 Å². The first-order valence-corrected chi connectivity index (χ1v) is 8.54. The maximum atomic E-state index is 12.9. The molecule has 0 bridgehead atoms. The number of amides is 1. The Labute approximate surface area is 145 Å². The number of aromatic amines is 1. The van der Waals surface area contributed by atoms with Gasteiger partial charge in [0, 0.05) is 24.7 Å². The van der Waals surface area contributed by atoms with E-state index in [1.165, 1.54) is 0 Å². The molecule has 2 aromatic heterocycles. The van der Waals surface area contributed by atoms with Gasteiger partial charge in [-0.2, -0.15) is 5.10 Å². The molecule has 3 aromatic rings. The Morgan fingerprint density at radius 2 is 2.16 bits per heavy atom. The van der Waals surface area contributed by atoms with Crippen LogP contribution in [0, 0.1) is 6.92 Å². The molecule has 25 heavy (non-hydrogen) atoms. The summed E-state index contributed by atoms with van der Waals surface area (Å²) in [4.78, 5) is 29.7.